The average molecular weight is 455 g/mol. The van der Waals surface area contributed by atoms with E-state index in [1.807, 2.05) is 43.9 Å². The summed E-state index contributed by atoms with van der Waals surface area (Å²) in [5.74, 6) is -0.335. The highest BCUT2D eigenvalue weighted by Crippen LogP contribution is 2.32. The Balaban J connectivity index is 1.74. The monoisotopic (exact) mass is 454 g/mol. The SMILES string of the molecule is C=C(/C=C(\C=N/C)c1cnc2ccc(-c3c[nH]nc3-c3ccc(F)c(C)n3)cc2c1)CCNC. The zero-order valence-electron chi connectivity index (χ0n) is 19.6. The van der Waals surface area contributed by atoms with Crippen molar-refractivity contribution >= 4 is 22.7 Å². The molecule has 0 saturated carbocycles. The van der Waals surface area contributed by atoms with Crippen LogP contribution in [-0.4, -0.2) is 47.0 Å². The van der Waals surface area contributed by atoms with Gasteiger partial charge in [0.2, 0.25) is 0 Å². The lowest BCUT2D eigenvalue weighted by molar-refractivity contribution is 0.610. The molecule has 0 atom stereocenters. The number of aryl methyl sites for hydroxylation is 1. The van der Waals surface area contributed by atoms with E-state index in [-0.39, 0.29) is 5.82 Å². The standard InChI is InChI=1S/C27H27FN6/c1-17(9-10-29-3)11-21(14-30-4)22-13-20-12-19(5-7-25(20)31-15-22)23-16-32-34-27(23)26-8-6-24(28)18(2)33-26/h5-8,11-16,29H,1,9-10H2,2-4H3,(H,32,34)/b21-11+,30-14-. The Kier molecular flexibility index (Phi) is 7.04. The number of fused-ring (bicyclic) bond motifs is 1. The third-order valence-electron chi connectivity index (χ3n) is 5.55. The number of benzene rings is 1. The van der Waals surface area contributed by atoms with Crippen LogP contribution in [0.4, 0.5) is 4.39 Å². The van der Waals surface area contributed by atoms with Crippen LogP contribution in [0.15, 0.2) is 72.0 Å². The fourth-order valence-electron chi connectivity index (χ4n) is 3.75. The lowest BCUT2D eigenvalue weighted by atomic mass is 9.99. The van der Waals surface area contributed by atoms with Gasteiger partial charge in [0.15, 0.2) is 0 Å². The van der Waals surface area contributed by atoms with Crippen LogP contribution in [0.3, 0.4) is 0 Å². The number of hydrogen-bond donors (Lipinski definition) is 2. The van der Waals surface area contributed by atoms with E-state index in [1.165, 1.54) is 6.07 Å². The lowest BCUT2D eigenvalue weighted by Crippen LogP contribution is -2.07. The molecule has 4 aromatic rings. The minimum Gasteiger partial charge on any atom is -0.319 e. The molecule has 3 aromatic heterocycles. The van der Waals surface area contributed by atoms with E-state index in [9.17, 15) is 4.39 Å². The molecule has 7 heteroatoms. The van der Waals surface area contributed by atoms with Crippen LogP contribution >= 0.6 is 0 Å². The minimum atomic E-state index is -0.335. The summed E-state index contributed by atoms with van der Waals surface area (Å²) in [6.07, 6.45) is 8.41. The second-order valence-electron chi connectivity index (χ2n) is 8.04. The molecule has 0 bridgehead atoms. The van der Waals surface area contributed by atoms with Crippen LogP contribution in [0.1, 0.15) is 17.7 Å². The number of halogens is 1. The largest absolute Gasteiger partial charge is 0.319 e. The molecule has 0 spiro atoms. The third kappa shape index (κ3) is 5.00. The van der Waals surface area contributed by atoms with Crippen LogP contribution in [0.5, 0.6) is 0 Å². The van der Waals surface area contributed by atoms with Gasteiger partial charge >= 0.3 is 0 Å². The maximum atomic E-state index is 13.7. The summed E-state index contributed by atoms with van der Waals surface area (Å²) in [6.45, 7) is 6.67. The number of aliphatic imine (C=N–C) groups is 1. The first kappa shape index (κ1) is 23.2. The Bertz CT molecular complexity index is 1400. The topological polar surface area (TPSA) is 78.8 Å². The van der Waals surface area contributed by atoms with Crippen LogP contribution in [0.2, 0.25) is 0 Å². The maximum Gasteiger partial charge on any atom is 0.144 e. The lowest BCUT2D eigenvalue weighted by Gasteiger charge is -2.08. The summed E-state index contributed by atoms with van der Waals surface area (Å²) in [5.41, 5.74) is 7.30. The van der Waals surface area contributed by atoms with Crippen LogP contribution < -0.4 is 5.32 Å². The van der Waals surface area contributed by atoms with Crippen molar-refractivity contribution in [1.82, 2.24) is 25.5 Å². The Morgan fingerprint density at radius 1 is 1.24 bits per heavy atom. The molecule has 6 nitrogen and oxygen atoms in total. The quantitative estimate of drug-likeness (QED) is 0.277. The molecule has 0 unspecified atom stereocenters. The molecule has 3 heterocycles. The number of rotatable bonds is 8. The summed E-state index contributed by atoms with van der Waals surface area (Å²) in [5, 5.41) is 11.4. The molecule has 2 N–H and O–H groups in total. The van der Waals surface area contributed by atoms with E-state index in [2.05, 4.69) is 49.2 Å². The number of nitrogens with zero attached hydrogens (tertiary/aromatic N) is 4. The van der Waals surface area contributed by atoms with Crippen molar-refractivity contribution in [3.8, 4) is 22.5 Å². The van der Waals surface area contributed by atoms with Gasteiger partial charge in [-0.25, -0.2) is 9.37 Å². The Hall–Kier alpha value is -3.97. The normalized spacial score (nSPS) is 12.1. The average Bonchev–Trinajstić information content (AvgIpc) is 3.33. The smallest absolute Gasteiger partial charge is 0.144 e. The van der Waals surface area contributed by atoms with Gasteiger partial charge in [-0.3, -0.25) is 15.1 Å². The molecule has 0 amide bonds. The number of allylic oxidation sites excluding steroid dienone is 2. The summed E-state index contributed by atoms with van der Waals surface area (Å²) in [7, 11) is 3.68. The molecular weight excluding hydrogens is 427 g/mol. The second-order valence-corrected chi connectivity index (χ2v) is 8.04. The van der Waals surface area contributed by atoms with Gasteiger partial charge in [0.05, 0.1) is 16.9 Å². The van der Waals surface area contributed by atoms with Crippen molar-refractivity contribution in [2.75, 3.05) is 20.6 Å². The van der Waals surface area contributed by atoms with Crippen LogP contribution in [-0.2, 0) is 0 Å². The van der Waals surface area contributed by atoms with E-state index in [4.69, 9.17) is 0 Å². The van der Waals surface area contributed by atoms with Gasteiger partial charge in [-0.1, -0.05) is 24.3 Å². The van der Waals surface area contributed by atoms with Crippen molar-refractivity contribution in [3.05, 3.63) is 84.1 Å². The van der Waals surface area contributed by atoms with E-state index in [0.717, 1.165) is 51.7 Å². The molecule has 4 rings (SSSR count). The van der Waals surface area contributed by atoms with Gasteiger partial charge < -0.3 is 5.32 Å². The molecule has 0 aliphatic rings. The predicted molar refractivity (Wildman–Crippen MR) is 137 cm³/mol. The van der Waals surface area contributed by atoms with Crippen LogP contribution in [0.25, 0.3) is 39.0 Å². The molecular formula is C27H27FN6. The number of pyridine rings is 2. The number of aromatic amines is 1. The minimum absolute atomic E-state index is 0.335. The molecule has 172 valence electrons. The van der Waals surface area contributed by atoms with Gasteiger partial charge in [0, 0.05) is 47.7 Å². The van der Waals surface area contributed by atoms with Gasteiger partial charge in [-0.15, -0.1) is 0 Å². The Morgan fingerprint density at radius 3 is 2.85 bits per heavy atom. The molecule has 34 heavy (non-hydrogen) atoms. The highest BCUT2D eigenvalue weighted by atomic mass is 19.1. The summed E-state index contributed by atoms with van der Waals surface area (Å²) in [6, 6.07) is 11.2. The van der Waals surface area contributed by atoms with Gasteiger partial charge in [0.25, 0.3) is 0 Å². The van der Waals surface area contributed by atoms with Crippen LogP contribution in [0, 0.1) is 12.7 Å². The summed E-state index contributed by atoms with van der Waals surface area (Å²) < 4.78 is 13.7. The number of aromatic nitrogens is 4. The molecule has 1 aromatic carbocycles. The van der Waals surface area contributed by atoms with E-state index >= 15 is 0 Å². The zero-order chi connectivity index (χ0) is 24.1. The predicted octanol–water partition coefficient (Wildman–Crippen LogP) is 5.38. The van der Waals surface area contributed by atoms with Crippen molar-refractivity contribution in [1.29, 1.82) is 0 Å². The van der Waals surface area contributed by atoms with Crippen molar-refractivity contribution in [2.24, 2.45) is 4.99 Å². The van der Waals surface area contributed by atoms with Gasteiger partial charge in [-0.05, 0) is 62.8 Å². The van der Waals surface area contributed by atoms with E-state index < -0.39 is 0 Å². The number of H-pyrrole nitrogens is 1. The van der Waals surface area contributed by atoms with E-state index in [1.54, 1.807) is 20.0 Å². The summed E-state index contributed by atoms with van der Waals surface area (Å²) >= 11 is 0. The van der Waals surface area contributed by atoms with Crippen molar-refractivity contribution in [2.45, 2.75) is 13.3 Å². The Morgan fingerprint density at radius 2 is 2.09 bits per heavy atom. The third-order valence-corrected chi connectivity index (χ3v) is 5.55. The first-order chi connectivity index (χ1) is 16.5. The highest BCUT2D eigenvalue weighted by Gasteiger charge is 2.14. The first-order valence-electron chi connectivity index (χ1n) is 11.0. The number of hydrogen-bond acceptors (Lipinski definition) is 5. The summed E-state index contributed by atoms with van der Waals surface area (Å²) in [4.78, 5) is 13.2. The second kappa shape index (κ2) is 10.3. The highest BCUT2D eigenvalue weighted by molar-refractivity contribution is 6.11. The molecule has 0 aliphatic heterocycles. The molecule has 0 saturated heterocycles. The first-order valence-corrected chi connectivity index (χ1v) is 11.0. The molecule has 0 fully saturated rings. The maximum absolute atomic E-state index is 13.7. The van der Waals surface area contributed by atoms with Crippen molar-refractivity contribution < 1.29 is 4.39 Å². The van der Waals surface area contributed by atoms with Gasteiger partial charge in [-0.2, -0.15) is 5.10 Å². The van der Waals surface area contributed by atoms with Crippen molar-refractivity contribution in [3.63, 3.8) is 0 Å². The molecule has 0 aliphatic carbocycles. The fraction of sp³-hybridized carbons (Fsp3) is 0.185. The molecule has 0 radical (unpaired) electrons. The number of nitrogens with one attached hydrogen (secondary N) is 2. The Labute approximate surface area is 198 Å². The van der Waals surface area contributed by atoms with E-state index in [0.29, 0.717) is 17.1 Å². The zero-order valence-corrected chi connectivity index (χ0v) is 19.6. The van der Waals surface area contributed by atoms with Gasteiger partial charge in [0.1, 0.15) is 11.5 Å². The fourth-order valence-corrected chi connectivity index (χ4v) is 3.75.